The maximum atomic E-state index is 8.77. The highest BCUT2D eigenvalue weighted by molar-refractivity contribution is 6.58. The van der Waals surface area contributed by atoms with Crippen LogP contribution in [0.4, 0.5) is 0 Å². The summed E-state index contributed by atoms with van der Waals surface area (Å²) in [6.07, 6.45) is 1.42. The molecular weight excluding hydrogens is 143 g/mol. The van der Waals surface area contributed by atoms with Crippen LogP contribution in [0.15, 0.2) is 6.20 Å². The van der Waals surface area contributed by atoms with Crippen molar-refractivity contribution in [3.05, 3.63) is 17.7 Å². The first kappa shape index (κ1) is 8.16. The van der Waals surface area contributed by atoms with Crippen LogP contribution in [0.5, 0.6) is 0 Å². The van der Waals surface area contributed by atoms with Crippen LogP contribution in [0, 0.1) is 13.8 Å². The van der Waals surface area contributed by atoms with Crippen molar-refractivity contribution in [2.24, 2.45) is 0 Å². The summed E-state index contributed by atoms with van der Waals surface area (Å²) in [5, 5.41) is 17.5. The van der Waals surface area contributed by atoms with Crippen LogP contribution in [0.25, 0.3) is 0 Å². The van der Waals surface area contributed by atoms with Crippen LogP contribution in [0.2, 0.25) is 0 Å². The van der Waals surface area contributed by atoms with Crippen LogP contribution < -0.4 is 5.46 Å². The Hall–Kier alpha value is -0.935. The van der Waals surface area contributed by atoms with Gasteiger partial charge in [0.15, 0.2) is 0 Å². The Kier molecular flexibility index (Phi) is 2.21. The maximum absolute atomic E-state index is 8.77. The minimum atomic E-state index is -1.48. The van der Waals surface area contributed by atoms with Gasteiger partial charge in [-0.15, -0.1) is 0 Å². The molecule has 4 nitrogen and oxygen atoms in total. The van der Waals surface area contributed by atoms with Gasteiger partial charge in [0, 0.05) is 17.4 Å². The van der Waals surface area contributed by atoms with Crippen molar-refractivity contribution in [2.75, 3.05) is 0 Å². The van der Waals surface area contributed by atoms with Crippen LogP contribution >= 0.6 is 0 Å². The third kappa shape index (κ3) is 1.75. The highest BCUT2D eigenvalue weighted by Gasteiger charge is 2.14. The molecule has 0 atom stereocenters. The van der Waals surface area contributed by atoms with E-state index in [4.69, 9.17) is 10.0 Å². The van der Waals surface area contributed by atoms with E-state index >= 15 is 0 Å². The predicted octanol–water partition coefficient (Wildman–Crippen LogP) is -1.23. The van der Waals surface area contributed by atoms with E-state index in [1.165, 1.54) is 6.20 Å². The molecule has 2 N–H and O–H groups in total. The highest BCUT2D eigenvalue weighted by Crippen LogP contribution is 1.89. The standard InChI is InChI=1S/C6H9BN2O2/c1-4-6(7(10)11)3-8-5(2)9-4/h3,10-11H,1-2H3. The van der Waals surface area contributed by atoms with Gasteiger partial charge in [-0.1, -0.05) is 0 Å². The fourth-order valence-electron chi connectivity index (χ4n) is 0.846. The third-order valence-electron chi connectivity index (χ3n) is 1.42. The molecule has 11 heavy (non-hydrogen) atoms. The van der Waals surface area contributed by atoms with E-state index in [2.05, 4.69) is 9.97 Å². The molecule has 0 amide bonds. The fourth-order valence-corrected chi connectivity index (χ4v) is 0.846. The van der Waals surface area contributed by atoms with E-state index in [1.54, 1.807) is 13.8 Å². The van der Waals surface area contributed by atoms with Crippen molar-refractivity contribution in [1.82, 2.24) is 9.97 Å². The van der Waals surface area contributed by atoms with Crippen molar-refractivity contribution in [3.63, 3.8) is 0 Å². The van der Waals surface area contributed by atoms with Gasteiger partial charge in [0.05, 0.1) is 0 Å². The topological polar surface area (TPSA) is 66.2 Å². The Morgan fingerprint density at radius 3 is 2.45 bits per heavy atom. The van der Waals surface area contributed by atoms with E-state index in [9.17, 15) is 0 Å². The SMILES string of the molecule is Cc1ncc(B(O)O)c(C)n1. The first-order chi connectivity index (χ1) is 5.11. The summed E-state index contributed by atoms with van der Waals surface area (Å²) in [5.41, 5.74) is 0.961. The molecule has 5 heteroatoms. The molecule has 0 aliphatic carbocycles. The Balaban J connectivity index is 3.09. The molecule has 0 radical (unpaired) electrons. The van der Waals surface area contributed by atoms with Gasteiger partial charge in [-0.3, -0.25) is 0 Å². The molecule has 0 unspecified atom stereocenters. The first-order valence-electron chi connectivity index (χ1n) is 3.27. The maximum Gasteiger partial charge on any atom is 0.491 e. The number of hydrogen-bond donors (Lipinski definition) is 2. The monoisotopic (exact) mass is 152 g/mol. The summed E-state index contributed by atoms with van der Waals surface area (Å²) < 4.78 is 0. The molecule has 0 saturated carbocycles. The molecule has 58 valence electrons. The predicted molar refractivity (Wildman–Crippen MR) is 41.3 cm³/mol. The highest BCUT2D eigenvalue weighted by atomic mass is 16.4. The Morgan fingerprint density at radius 2 is 2.00 bits per heavy atom. The van der Waals surface area contributed by atoms with E-state index in [-0.39, 0.29) is 0 Å². The lowest BCUT2D eigenvalue weighted by Gasteiger charge is -2.02. The van der Waals surface area contributed by atoms with Crippen molar-refractivity contribution in [3.8, 4) is 0 Å². The van der Waals surface area contributed by atoms with Gasteiger partial charge in [-0.25, -0.2) is 9.97 Å². The molecule has 1 heterocycles. The second-order valence-corrected chi connectivity index (χ2v) is 2.33. The number of aromatic nitrogens is 2. The van der Waals surface area contributed by atoms with Crippen LogP contribution in [-0.4, -0.2) is 27.1 Å². The van der Waals surface area contributed by atoms with E-state index in [0.29, 0.717) is 17.0 Å². The van der Waals surface area contributed by atoms with E-state index in [1.807, 2.05) is 0 Å². The van der Waals surface area contributed by atoms with E-state index in [0.717, 1.165) is 0 Å². The van der Waals surface area contributed by atoms with Gasteiger partial charge < -0.3 is 10.0 Å². The molecule has 0 aliphatic rings. The smallest absolute Gasteiger partial charge is 0.423 e. The van der Waals surface area contributed by atoms with Gasteiger partial charge in [-0.05, 0) is 13.8 Å². The van der Waals surface area contributed by atoms with Crippen molar-refractivity contribution in [1.29, 1.82) is 0 Å². The van der Waals surface area contributed by atoms with Gasteiger partial charge in [-0.2, -0.15) is 0 Å². The summed E-state index contributed by atoms with van der Waals surface area (Å²) in [6.45, 7) is 3.46. The molecule has 0 spiro atoms. The normalized spacial score (nSPS) is 9.82. The second-order valence-electron chi connectivity index (χ2n) is 2.33. The average molecular weight is 152 g/mol. The van der Waals surface area contributed by atoms with Gasteiger partial charge in [0.1, 0.15) is 5.82 Å². The lowest BCUT2D eigenvalue weighted by Crippen LogP contribution is -2.33. The van der Waals surface area contributed by atoms with Crippen LogP contribution in [0.1, 0.15) is 11.5 Å². The molecule has 0 saturated heterocycles. The minimum absolute atomic E-state index is 0.357. The molecular formula is C6H9BN2O2. The summed E-state index contributed by atoms with van der Waals surface area (Å²) in [6, 6.07) is 0. The number of aryl methyl sites for hydroxylation is 2. The summed E-state index contributed by atoms with van der Waals surface area (Å²) in [4.78, 5) is 7.79. The quantitative estimate of drug-likeness (QED) is 0.494. The average Bonchev–Trinajstić information content (AvgIpc) is 1.85. The Bertz CT molecular complexity index is 265. The summed E-state index contributed by atoms with van der Waals surface area (Å²) in [7, 11) is -1.48. The largest absolute Gasteiger partial charge is 0.491 e. The molecule has 0 aromatic carbocycles. The zero-order valence-corrected chi connectivity index (χ0v) is 6.44. The van der Waals surface area contributed by atoms with Gasteiger partial charge in [0.2, 0.25) is 0 Å². The third-order valence-corrected chi connectivity index (χ3v) is 1.42. The fraction of sp³-hybridized carbons (Fsp3) is 0.333. The van der Waals surface area contributed by atoms with Crippen LogP contribution in [0.3, 0.4) is 0 Å². The second kappa shape index (κ2) is 2.98. The zero-order valence-electron chi connectivity index (χ0n) is 6.44. The molecule has 1 aromatic heterocycles. The van der Waals surface area contributed by atoms with Gasteiger partial charge in [0.25, 0.3) is 0 Å². The first-order valence-corrected chi connectivity index (χ1v) is 3.27. The number of rotatable bonds is 1. The summed E-state index contributed by atoms with van der Waals surface area (Å²) in [5.74, 6) is 0.631. The molecule has 0 fully saturated rings. The lowest BCUT2D eigenvalue weighted by molar-refractivity contribution is 0.425. The number of nitrogens with zero attached hydrogens (tertiary/aromatic N) is 2. The van der Waals surface area contributed by atoms with Crippen molar-refractivity contribution < 1.29 is 10.0 Å². The van der Waals surface area contributed by atoms with Gasteiger partial charge >= 0.3 is 7.12 Å². The molecule has 1 aromatic rings. The molecule has 0 aliphatic heterocycles. The summed E-state index contributed by atoms with van der Waals surface area (Å²) >= 11 is 0. The van der Waals surface area contributed by atoms with Crippen molar-refractivity contribution >= 4 is 12.6 Å². The van der Waals surface area contributed by atoms with Crippen molar-refractivity contribution in [2.45, 2.75) is 13.8 Å². The molecule has 0 bridgehead atoms. The minimum Gasteiger partial charge on any atom is -0.423 e. The molecule has 1 rings (SSSR count). The van der Waals surface area contributed by atoms with E-state index < -0.39 is 7.12 Å². The Morgan fingerprint density at radius 1 is 1.36 bits per heavy atom. The number of hydrogen-bond acceptors (Lipinski definition) is 4. The van der Waals surface area contributed by atoms with Crippen LogP contribution in [-0.2, 0) is 0 Å². The Labute approximate surface area is 65.1 Å². The lowest BCUT2D eigenvalue weighted by atomic mass is 9.80. The zero-order chi connectivity index (χ0) is 8.43.